The van der Waals surface area contributed by atoms with Gasteiger partial charge < -0.3 is 16.0 Å². The van der Waals surface area contributed by atoms with Crippen molar-refractivity contribution in [3.05, 3.63) is 82.5 Å². The molecule has 9 heteroatoms. The van der Waals surface area contributed by atoms with Crippen LogP contribution in [0, 0.1) is 0 Å². The van der Waals surface area contributed by atoms with Crippen molar-refractivity contribution in [3.63, 3.8) is 0 Å². The molecule has 1 aliphatic rings. The number of hydrogen-bond acceptors (Lipinski definition) is 4. The molecular weight excluding hydrogens is 452 g/mol. The lowest BCUT2D eigenvalue weighted by Gasteiger charge is -2.30. The molecule has 0 fully saturated rings. The molecular formula is C20H17BrN6OS. The van der Waals surface area contributed by atoms with E-state index in [1.165, 1.54) is 6.33 Å². The number of benzene rings is 2. The monoisotopic (exact) mass is 468 g/mol. The number of carbonyl (C=O) groups excluding carboxylic acids is 1. The van der Waals surface area contributed by atoms with Crippen LogP contribution in [-0.2, 0) is 4.79 Å². The van der Waals surface area contributed by atoms with Gasteiger partial charge in [-0.15, -0.1) is 0 Å². The van der Waals surface area contributed by atoms with E-state index in [0.29, 0.717) is 22.1 Å². The van der Waals surface area contributed by atoms with E-state index in [2.05, 4.69) is 42.0 Å². The second-order valence-electron chi connectivity index (χ2n) is 6.46. The predicted molar refractivity (Wildman–Crippen MR) is 118 cm³/mol. The Morgan fingerprint density at radius 1 is 1.17 bits per heavy atom. The summed E-state index contributed by atoms with van der Waals surface area (Å²) in [4.78, 5) is 17.0. The molecule has 0 radical (unpaired) electrons. The Labute approximate surface area is 181 Å². The molecule has 29 heavy (non-hydrogen) atoms. The normalized spacial score (nSPS) is 16.2. The van der Waals surface area contributed by atoms with Crippen molar-refractivity contribution in [1.29, 1.82) is 0 Å². The highest BCUT2D eigenvalue weighted by Gasteiger charge is 2.30. The first-order valence-corrected chi connectivity index (χ1v) is 10.0. The quantitative estimate of drug-likeness (QED) is 0.508. The van der Waals surface area contributed by atoms with E-state index in [1.807, 2.05) is 55.5 Å². The third kappa shape index (κ3) is 4.20. The average Bonchev–Trinajstić information content (AvgIpc) is 3.24. The van der Waals surface area contributed by atoms with Crippen molar-refractivity contribution >= 4 is 44.9 Å². The fraction of sp³-hybridized carbons (Fsp3) is 0.100. The summed E-state index contributed by atoms with van der Waals surface area (Å²) in [6.45, 7) is 1.85. The van der Waals surface area contributed by atoms with Crippen molar-refractivity contribution in [1.82, 2.24) is 25.4 Å². The number of amides is 1. The van der Waals surface area contributed by atoms with Gasteiger partial charge in [-0.2, -0.15) is 5.10 Å². The highest BCUT2D eigenvalue weighted by Crippen LogP contribution is 2.28. The molecule has 1 atom stereocenters. The second kappa shape index (κ2) is 8.14. The van der Waals surface area contributed by atoms with Crippen LogP contribution in [0.25, 0.3) is 5.69 Å². The van der Waals surface area contributed by atoms with E-state index in [0.717, 1.165) is 15.7 Å². The number of rotatable bonds is 4. The van der Waals surface area contributed by atoms with E-state index < -0.39 is 0 Å². The van der Waals surface area contributed by atoms with E-state index in [1.54, 1.807) is 11.0 Å². The van der Waals surface area contributed by atoms with Crippen LogP contribution in [0.2, 0.25) is 0 Å². The Kier molecular flexibility index (Phi) is 5.41. The maximum Gasteiger partial charge on any atom is 0.255 e. The molecule has 1 aromatic heterocycles. The first-order valence-electron chi connectivity index (χ1n) is 8.81. The van der Waals surface area contributed by atoms with Gasteiger partial charge in [0.05, 0.1) is 17.3 Å². The van der Waals surface area contributed by atoms with Crippen molar-refractivity contribution in [2.75, 3.05) is 5.32 Å². The zero-order valence-corrected chi connectivity index (χ0v) is 17.8. The van der Waals surface area contributed by atoms with Crippen LogP contribution < -0.4 is 16.0 Å². The Hall–Kier alpha value is -3.04. The van der Waals surface area contributed by atoms with Crippen LogP contribution in [0.4, 0.5) is 5.69 Å². The Bertz CT molecular complexity index is 1080. The number of nitrogens with one attached hydrogen (secondary N) is 3. The SMILES string of the molecule is CC1=C(C(=O)Nc2ccc(Br)cc2)[C@@H](c2ccc(-n3cncn3)cc2)NC(=S)N1. The van der Waals surface area contributed by atoms with E-state index in [-0.39, 0.29) is 11.9 Å². The minimum Gasteiger partial charge on any atom is -0.351 e. The fourth-order valence-electron chi connectivity index (χ4n) is 3.14. The molecule has 3 aromatic rings. The minimum atomic E-state index is -0.371. The van der Waals surface area contributed by atoms with Crippen molar-refractivity contribution in [2.45, 2.75) is 13.0 Å². The lowest BCUT2D eigenvalue weighted by atomic mass is 9.94. The largest absolute Gasteiger partial charge is 0.351 e. The van der Waals surface area contributed by atoms with Gasteiger partial charge in [-0.05, 0) is 61.1 Å². The lowest BCUT2D eigenvalue weighted by molar-refractivity contribution is -0.113. The number of hydrogen-bond donors (Lipinski definition) is 3. The third-order valence-electron chi connectivity index (χ3n) is 4.53. The summed E-state index contributed by atoms with van der Waals surface area (Å²) >= 11 is 8.72. The Morgan fingerprint density at radius 2 is 1.90 bits per heavy atom. The van der Waals surface area contributed by atoms with Crippen LogP contribution in [0.5, 0.6) is 0 Å². The minimum absolute atomic E-state index is 0.197. The summed E-state index contributed by atoms with van der Waals surface area (Å²) in [5.74, 6) is -0.197. The number of anilines is 1. The van der Waals surface area contributed by atoms with Crippen LogP contribution in [0.3, 0.4) is 0 Å². The van der Waals surface area contributed by atoms with Gasteiger partial charge in [0.25, 0.3) is 5.91 Å². The van der Waals surface area contributed by atoms with Gasteiger partial charge in [-0.25, -0.2) is 9.67 Å². The van der Waals surface area contributed by atoms with Gasteiger partial charge >= 0.3 is 0 Å². The smallest absolute Gasteiger partial charge is 0.255 e. The zero-order chi connectivity index (χ0) is 20.4. The van der Waals surface area contributed by atoms with Crippen molar-refractivity contribution in [2.24, 2.45) is 0 Å². The van der Waals surface area contributed by atoms with E-state index in [9.17, 15) is 4.79 Å². The molecule has 1 amide bonds. The zero-order valence-electron chi connectivity index (χ0n) is 15.4. The van der Waals surface area contributed by atoms with Crippen molar-refractivity contribution < 1.29 is 4.79 Å². The van der Waals surface area contributed by atoms with Crippen molar-refractivity contribution in [3.8, 4) is 5.69 Å². The van der Waals surface area contributed by atoms with Crippen LogP contribution >= 0.6 is 28.1 Å². The second-order valence-corrected chi connectivity index (χ2v) is 7.79. The molecule has 0 unspecified atom stereocenters. The van der Waals surface area contributed by atoms with Gasteiger partial charge in [0.2, 0.25) is 0 Å². The average molecular weight is 469 g/mol. The molecule has 0 spiro atoms. The number of allylic oxidation sites excluding steroid dienone is 1. The molecule has 4 rings (SSSR count). The maximum absolute atomic E-state index is 13.1. The molecule has 2 heterocycles. The number of thiocarbonyl (C=S) groups is 1. The summed E-state index contributed by atoms with van der Waals surface area (Å²) < 4.78 is 2.62. The lowest BCUT2D eigenvalue weighted by Crippen LogP contribution is -2.45. The molecule has 0 saturated heterocycles. The molecule has 146 valence electrons. The third-order valence-corrected chi connectivity index (χ3v) is 5.27. The van der Waals surface area contributed by atoms with Gasteiger partial charge in [-0.3, -0.25) is 4.79 Å². The highest BCUT2D eigenvalue weighted by molar-refractivity contribution is 9.10. The first-order chi connectivity index (χ1) is 14.0. The summed E-state index contributed by atoms with van der Waals surface area (Å²) in [6, 6.07) is 14.8. The molecule has 2 aromatic carbocycles. The van der Waals surface area contributed by atoms with Gasteiger partial charge in [-0.1, -0.05) is 28.1 Å². The van der Waals surface area contributed by atoms with Gasteiger partial charge in [0, 0.05) is 15.9 Å². The number of nitrogens with zero attached hydrogens (tertiary/aromatic N) is 3. The topological polar surface area (TPSA) is 83.9 Å². The molecule has 1 aliphatic heterocycles. The highest BCUT2D eigenvalue weighted by atomic mass is 79.9. The van der Waals surface area contributed by atoms with Crippen LogP contribution in [-0.4, -0.2) is 25.8 Å². The molecule has 0 bridgehead atoms. The number of carbonyl (C=O) groups is 1. The fourth-order valence-corrected chi connectivity index (χ4v) is 3.67. The molecule has 7 nitrogen and oxygen atoms in total. The summed E-state index contributed by atoms with van der Waals surface area (Å²) in [7, 11) is 0. The molecule has 3 N–H and O–H groups in total. The number of halogens is 1. The number of aromatic nitrogens is 3. The van der Waals surface area contributed by atoms with E-state index in [4.69, 9.17) is 12.2 Å². The van der Waals surface area contributed by atoms with Crippen LogP contribution in [0.15, 0.2) is 76.9 Å². The Morgan fingerprint density at radius 3 is 2.55 bits per heavy atom. The summed E-state index contributed by atoms with van der Waals surface area (Å²) in [5.41, 5.74) is 3.80. The molecule has 0 saturated carbocycles. The van der Waals surface area contributed by atoms with Gasteiger partial charge in [0.1, 0.15) is 12.7 Å². The maximum atomic E-state index is 13.1. The summed E-state index contributed by atoms with van der Waals surface area (Å²) in [6.07, 6.45) is 3.12. The molecule has 0 aliphatic carbocycles. The standard InChI is InChI=1S/C20H17BrN6OS/c1-12-17(19(28)25-15-6-4-14(21)5-7-15)18(26-20(29)24-12)13-2-8-16(9-3-13)27-11-22-10-23-27/h2-11,18H,1H3,(H,25,28)(H2,24,26,29)/t18-/m1/s1. The first kappa shape index (κ1) is 19.3. The summed E-state index contributed by atoms with van der Waals surface area (Å²) in [5, 5.41) is 13.8. The van der Waals surface area contributed by atoms with Crippen LogP contribution in [0.1, 0.15) is 18.5 Å². The Balaban J connectivity index is 1.63. The van der Waals surface area contributed by atoms with Gasteiger partial charge in [0.15, 0.2) is 5.11 Å². The predicted octanol–water partition coefficient (Wildman–Crippen LogP) is 3.46. The van der Waals surface area contributed by atoms with E-state index >= 15 is 0 Å².